The number of hydrogen-bond donors (Lipinski definition) is 1. The minimum atomic E-state index is 0.707. The Balaban J connectivity index is 2.11. The van der Waals surface area contributed by atoms with Gasteiger partial charge in [-0.05, 0) is 61.3 Å². The lowest BCUT2D eigenvalue weighted by atomic mass is 10.1. The molecule has 4 heteroatoms. The van der Waals surface area contributed by atoms with Gasteiger partial charge in [-0.3, -0.25) is 0 Å². The highest BCUT2D eigenvalue weighted by atomic mass is 35.5. The molecule has 2 aromatic rings. The van der Waals surface area contributed by atoms with Crippen molar-refractivity contribution in [2.75, 3.05) is 6.54 Å². The Hall–Kier alpha value is -0.670. The second-order valence-electron chi connectivity index (χ2n) is 4.94. The van der Waals surface area contributed by atoms with Crippen molar-refractivity contribution in [2.45, 2.75) is 36.6 Å². The number of rotatable bonds is 6. The van der Waals surface area contributed by atoms with E-state index < -0.39 is 0 Å². The monoisotopic (exact) mass is 339 g/mol. The minimum absolute atomic E-state index is 0.707. The van der Waals surface area contributed by atoms with Gasteiger partial charge in [0.1, 0.15) is 0 Å². The smallest absolute Gasteiger partial charge is 0.0546 e. The second-order valence-corrected chi connectivity index (χ2v) is 6.90. The third-order valence-corrected chi connectivity index (χ3v) is 4.90. The summed E-state index contributed by atoms with van der Waals surface area (Å²) in [5.41, 5.74) is 2.63. The molecule has 0 aliphatic heterocycles. The Bertz CT molecular complexity index is 614. The molecule has 0 bridgehead atoms. The summed E-state index contributed by atoms with van der Waals surface area (Å²) in [6.45, 7) is 6.29. The highest BCUT2D eigenvalue weighted by Gasteiger charge is 2.06. The average Bonchev–Trinajstić information content (AvgIpc) is 2.45. The molecule has 2 rings (SSSR count). The highest BCUT2D eigenvalue weighted by molar-refractivity contribution is 7.99. The normalized spacial score (nSPS) is 10.9. The molecular weight excluding hydrogens is 321 g/mol. The van der Waals surface area contributed by atoms with Gasteiger partial charge in [-0.15, -0.1) is 0 Å². The third-order valence-electron chi connectivity index (χ3n) is 3.18. The maximum Gasteiger partial charge on any atom is 0.0546 e. The lowest BCUT2D eigenvalue weighted by Gasteiger charge is -2.10. The van der Waals surface area contributed by atoms with E-state index in [0.717, 1.165) is 29.4 Å². The molecule has 0 fully saturated rings. The van der Waals surface area contributed by atoms with Gasteiger partial charge < -0.3 is 5.32 Å². The van der Waals surface area contributed by atoms with Crippen LogP contribution in [-0.2, 0) is 6.54 Å². The number of nitrogens with one attached hydrogen (secondary N) is 1. The predicted molar refractivity (Wildman–Crippen MR) is 93.8 cm³/mol. The molecular formula is C17H19Cl2NS. The first-order chi connectivity index (χ1) is 10.1. The van der Waals surface area contributed by atoms with E-state index in [1.165, 1.54) is 16.0 Å². The Morgan fingerprint density at radius 1 is 1.10 bits per heavy atom. The molecule has 112 valence electrons. The van der Waals surface area contributed by atoms with E-state index in [0.29, 0.717) is 5.02 Å². The topological polar surface area (TPSA) is 12.0 Å². The van der Waals surface area contributed by atoms with Gasteiger partial charge in [0, 0.05) is 21.4 Å². The first kappa shape index (κ1) is 16.7. The number of aryl methyl sites for hydroxylation is 1. The molecule has 0 aliphatic carbocycles. The zero-order chi connectivity index (χ0) is 15.2. The van der Waals surface area contributed by atoms with Crippen molar-refractivity contribution in [1.82, 2.24) is 5.32 Å². The van der Waals surface area contributed by atoms with Crippen molar-refractivity contribution in [3.05, 3.63) is 57.6 Å². The zero-order valence-electron chi connectivity index (χ0n) is 12.2. The SMILES string of the molecule is CCCNCc1ccc(Sc2cc(Cl)ccc2Cl)cc1C. The van der Waals surface area contributed by atoms with Gasteiger partial charge in [0.15, 0.2) is 0 Å². The largest absolute Gasteiger partial charge is 0.313 e. The molecule has 0 aromatic heterocycles. The van der Waals surface area contributed by atoms with Gasteiger partial charge in [0.05, 0.1) is 5.02 Å². The fourth-order valence-corrected chi connectivity index (χ4v) is 3.46. The molecule has 0 amide bonds. The third kappa shape index (κ3) is 4.93. The Morgan fingerprint density at radius 2 is 1.90 bits per heavy atom. The van der Waals surface area contributed by atoms with Crippen LogP contribution in [0.25, 0.3) is 0 Å². The molecule has 0 radical (unpaired) electrons. The molecule has 0 saturated heterocycles. The lowest BCUT2D eigenvalue weighted by molar-refractivity contribution is 0.673. The van der Waals surface area contributed by atoms with Crippen LogP contribution in [-0.4, -0.2) is 6.54 Å². The lowest BCUT2D eigenvalue weighted by Crippen LogP contribution is -2.14. The van der Waals surface area contributed by atoms with Crippen LogP contribution in [0.2, 0.25) is 10.0 Å². The van der Waals surface area contributed by atoms with E-state index >= 15 is 0 Å². The number of benzene rings is 2. The van der Waals surface area contributed by atoms with E-state index in [1.807, 2.05) is 18.2 Å². The van der Waals surface area contributed by atoms with E-state index in [-0.39, 0.29) is 0 Å². The van der Waals surface area contributed by atoms with Crippen LogP contribution in [0.3, 0.4) is 0 Å². The predicted octanol–water partition coefficient (Wildman–Crippen LogP) is 5.95. The van der Waals surface area contributed by atoms with Crippen LogP contribution in [0.15, 0.2) is 46.2 Å². The van der Waals surface area contributed by atoms with Gasteiger partial charge in [0.2, 0.25) is 0 Å². The van der Waals surface area contributed by atoms with Crippen molar-refractivity contribution in [1.29, 1.82) is 0 Å². The molecule has 1 N–H and O–H groups in total. The van der Waals surface area contributed by atoms with Crippen molar-refractivity contribution in [3.63, 3.8) is 0 Å². The molecule has 0 aliphatic rings. The van der Waals surface area contributed by atoms with Gasteiger partial charge in [-0.25, -0.2) is 0 Å². The molecule has 0 heterocycles. The maximum absolute atomic E-state index is 6.21. The molecule has 21 heavy (non-hydrogen) atoms. The highest BCUT2D eigenvalue weighted by Crippen LogP contribution is 2.35. The molecule has 0 unspecified atom stereocenters. The van der Waals surface area contributed by atoms with Crippen LogP contribution in [0.5, 0.6) is 0 Å². The summed E-state index contributed by atoms with van der Waals surface area (Å²) in [6.07, 6.45) is 1.15. The van der Waals surface area contributed by atoms with Crippen molar-refractivity contribution < 1.29 is 0 Å². The summed E-state index contributed by atoms with van der Waals surface area (Å²) in [7, 11) is 0. The summed E-state index contributed by atoms with van der Waals surface area (Å²) in [5.74, 6) is 0. The molecule has 0 saturated carbocycles. The molecule has 0 atom stereocenters. The Kier molecular flexibility index (Phi) is 6.43. The average molecular weight is 340 g/mol. The van der Waals surface area contributed by atoms with Crippen LogP contribution in [0.1, 0.15) is 24.5 Å². The van der Waals surface area contributed by atoms with Crippen LogP contribution in [0, 0.1) is 6.92 Å². The van der Waals surface area contributed by atoms with Gasteiger partial charge >= 0.3 is 0 Å². The zero-order valence-corrected chi connectivity index (χ0v) is 14.6. The van der Waals surface area contributed by atoms with Crippen LogP contribution < -0.4 is 5.32 Å². The summed E-state index contributed by atoms with van der Waals surface area (Å²) in [5, 5.41) is 4.87. The van der Waals surface area contributed by atoms with Crippen molar-refractivity contribution in [3.8, 4) is 0 Å². The maximum atomic E-state index is 6.21. The van der Waals surface area contributed by atoms with E-state index in [4.69, 9.17) is 23.2 Å². The standard InChI is InChI=1S/C17H19Cl2NS/c1-3-8-20-11-13-4-6-15(9-12(13)2)21-17-10-14(18)5-7-16(17)19/h4-7,9-10,20H,3,8,11H2,1-2H3. The molecule has 2 aromatic carbocycles. The summed E-state index contributed by atoms with van der Waals surface area (Å²) in [4.78, 5) is 2.16. The fraction of sp³-hybridized carbons (Fsp3) is 0.294. The van der Waals surface area contributed by atoms with Crippen molar-refractivity contribution in [2.24, 2.45) is 0 Å². The molecule has 1 nitrogen and oxygen atoms in total. The van der Waals surface area contributed by atoms with Gasteiger partial charge in [0.25, 0.3) is 0 Å². The van der Waals surface area contributed by atoms with E-state index in [1.54, 1.807) is 11.8 Å². The summed E-state index contributed by atoms with van der Waals surface area (Å²) < 4.78 is 0. The fourth-order valence-electron chi connectivity index (χ4n) is 2.01. The number of hydrogen-bond acceptors (Lipinski definition) is 2. The first-order valence-corrected chi connectivity index (χ1v) is 8.60. The van der Waals surface area contributed by atoms with Gasteiger partial charge in [-0.2, -0.15) is 0 Å². The molecule has 0 spiro atoms. The summed E-state index contributed by atoms with van der Waals surface area (Å²) >= 11 is 13.9. The first-order valence-electron chi connectivity index (χ1n) is 7.03. The number of halogens is 2. The second kappa shape index (κ2) is 8.09. The van der Waals surface area contributed by atoms with Crippen LogP contribution >= 0.6 is 35.0 Å². The summed E-state index contributed by atoms with van der Waals surface area (Å²) in [6, 6.07) is 12.1. The van der Waals surface area contributed by atoms with E-state index in [2.05, 4.69) is 37.4 Å². The van der Waals surface area contributed by atoms with Crippen molar-refractivity contribution >= 4 is 35.0 Å². The van der Waals surface area contributed by atoms with E-state index in [9.17, 15) is 0 Å². The minimum Gasteiger partial charge on any atom is -0.313 e. The quantitative estimate of drug-likeness (QED) is 0.652. The Morgan fingerprint density at radius 3 is 2.62 bits per heavy atom. The Labute approximate surface area is 141 Å². The van der Waals surface area contributed by atoms with Crippen LogP contribution in [0.4, 0.5) is 0 Å². The van der Waals surface area contributed by atoms with Gasteiger partial charge in [-0.1, -0.05) is 48.0 Å².